The van der Waals surface area contributed by atoms with Gasteiger partial charge in [0.15, 0.2) is 4.77 Å². The first-order valence-corrected chi connectivity index (χ1v) is 9.15. The van der Waals surface area contributed by atoms with E-state index in [1.54, 1.807) is 0 Å². The number of imidazole rings is 1. The number of rotatable bonds is 4. The Morgan fingerprint density at radius 2 is 2.13 bits per heavy atom. The molecule has 0 saturated carbocycles. The number of hydrogen-bond acceptors (Lipinski definition) is 2. The summed E-state index contributed by atoms with van der Waals surface area (Å²) in [7, 11) is 0. The molecule has 0 bridgehead atoms. The van der Waals surface area contributed by atoms with E-state index >= 15 is 0 Å². The third-order valence-electron chi connectivity index (χ3n) is 4.94. The van der Waals surface area contributed by atoms with Gasteiger partial charge in [-0.1, -0.05) is 37.1 Å². The molecule has 0 radical (unpaired) electrons. The number of aromatic nitrogens is 2. The Morgan fingerprint density at radius 1 is 1.39 bits per heavy atom. The average Bonchev–Trinajstić information content (AvgIpc) is 2.75. The van der Waals surface area contributed by atoms with Crippen LogP contribution in [0.2, 0.25) is 5.02 Å². The van der Waals surface area contributed by atoms with E-state index in [1.807, 2.05) is 12.1 Å². The zero-order chi connectivity index (χ0) is 16.6. The van der Waals surface area contributed by atoms with Gasteiger partial charge in [0.25, 0.3) is 0 Å². The van der Waals surface area contributed by atoms with E-state index in [2.05, 4.69) is 41.3 Å². The van der Waals surface area contributed by atoms with Gasteiger partial charge in [-0.05, 0) is 44.1 Å². The minimum Gasteiger partial charge on any atom is -0.331 e. The summed E-state index contributed by atoms with van der Waals surface area (Å²) in [5.74, 6) is 0. The van der Waals surface area contributed by atoms with Crippen LogP contribution in [-0.4, -0.2) is 27.0 Å². The van der Waals surface area contributed by atoms with Crippen molar-refractivity contribution in [3.05, 3.63) is 39.1 Å². The molecule has 0 amide bonds. The maximum absolute atomic E-state index is 6.52. The van der Waals surface area contributed by atoms with E-state index in [1.165, 1.54) is 16.7 Å². The SMILES string of the molecule is CCC(=CCN1Cc2c(Cl)ccc3[nH]c(=S)n(c23)C[C@@H]1C)CC. The van der Waals surface area contributed by atoms with Crippen molar-refractivity contribution in [2.24, 2.45) is 0 Å². The number of benzene rings is 1. The van der Waals surface area contributed by atoms with E-state index < -0.39 is 0 Å². The highest BCUT2D eigenvalue weighted by Crippen LogP contribution is 2.31. The van der Waals surface area contributed by atoms with Gasteiger partial charge >= 0.3 is 0 Å². The second kappa shape index (κ2) is 6.80. The van der Waals surface area contributed by atoms with Crippen molar-refractivity contribution >= 4 is 34.9 Å². The molecule has 1 aromatic carbocycles. The molecule has 23 heavy (non-hydrogen) atoms. The number of allylic oxidation sites excluding steroid dienone is 1. The van der Waals surface area contributed by atoms with Crippen molar-refractivity contribution in [2.45, 2.75) is 52.7 Å². The van der Waals surface area contributed by atoms with Crippen molar-refractivity contribution in [1.29, 1.82) is 0 Å². The summed E-state index contributed by atoms with van der Waals surface area (Å²) in [6.07, 6.45) is 4.63. The zero-order valence-corrected chi connectivity index (χ0v) is 15.6. The number of hydrogen-bond donors (Lipinski definition) is 1. The van der Waals surface area contributed by atoms with Crippen LogP contribution in [0.3, 0.4) is 0 Å². The highest BCUT2D eigenvalue weighted by Gasteiger charge is 2.24. The van der Waals surface area contributed by atoms with Gasteiger partial charge in [0.2, 0.25) is 0 Å². The maximum Gasteiger partial charge on any atom is 0.178 e. The summed E-state index contributed by atoms with van der Waals surface area (Å²) in [5, 5.41) is 0.828. The fourth-order valence-electron chi connectivity index (χ4n) is 3.40. The van der Waals surface area contributed by atoms with Crippen LogP contribution in [0.25, 0.3) is 11.0 Å². The lowest BCUT2D eigenvalue weighted by Gasteiger charge is -2.26. The van der Waals surface area contributed by atoms with Gasteiger partial charge in [0.1, 0.15) is 0 Å². The molecule has 3 rings (SSSR count). The van der Waals surface area contributed by atoms with Crippen molar-refractivity contribution in [3.8, 4) is 0 Å². The molecule has 0 spiro atoms. The molecule has 0 aliphatic carbocycles. The summed E-state index contributed by atoms with van der Waals surface area (Å²) < 4.78 is 3.00. The predicted molar refractivity (Wildman–Crippen MR) is 101 cm³/mol. The first-order valence-electron chi connectivity index (χ1n) is 8.37. The van der Waals surface area contributed by atoms with Gasteiger partial charge in [-0.15, -0.1) is 0 Å². The third kappa shape index (κ3) is 3.12. The Labute approximate surface area is 147 Å². The Kier molecular flexibility index (Phi) is 4.95. The molecule has 1 aromatic heterocycles. The predicted octanol–water partition coefficient (Wildman–Crippen LogP) is 5.30. The molecule has 0 unspecified atom stereocenters. The molecule has 0 saturated heterocycles. The van der Waals surface area contributed by atoms with E-state index in [4.69, 9.17) is 23.8 Å². The molecule has 1 aliphatic rings. The number of H-pyrrole nitrogens is 1. The maximum atomic E-state index is 6.52. The Balaban J connectivity index is 2.01. The topological polar surface area (TPSA) is 24.0 Å². The second-order valence-electron chi connectivity index (χ2n) is 6.31. The summed E-state index contributed by atoms with van der Waals surface area (Å²) in [6.45, 7) is 9.44. The largest absolute Gasteiger partial charge is 0.331 e. The van der Waals surface area contributed by atoms with Gasteiger partial charge in [0, 0.05) is 36.3 Å². The standard InChI is InChI=1S/C18H24ClN3S/c1-4-13(5-2)8-9-21-11-14-15(19)6-7-16-17(14)22(10-12(21)3)18(23)20-16/h6-8,12H,4-5,9-11H2,1-3H3,(H,20,23)/t12-/m0/s1. The highest BCUT2D eigenvalue weighted by atomic mass is 35.5. The Morgan fingerprint density at radius 3 is 2.83 bits per heavy atom. The first-order chi connectivity index (χ1) is 11.0. The zero-order valence-electron chi connectivity index (χ0n) is 14.0. The molecule has 2 heterocycles. The van der Waals surface area contributed by atoms with Crippen molar-refractivity contribution in [3.63, 3.8) is 0 Å². The van der Waals surface area contributed by atoms with Gasteiger partial charge in [-0.2, -0.15) is 0 Å². The number of nitrogens with one attached hydrogen (secondary N) is 1. The minimum atomic E-state index is 0.412. The van der Waals surface area contributed by atoms with E-state index in [-0.39, 0.29) is 0 Å². The summed E-state index contributed by atoms with van der Waals surface area (Å²) in [4.78, 5) is 5.80. The molecule has 1 atom stereocenters. The summed E-state index contributed by atoms with van der Waals surface area (Å²) >= 11 is 12.0. The molecule has 124 valence electrons. The third-order valence-corrected chi connectivity index (χ3v) is 5.61. The van der Waals surface area contributed by atoms with Crippen LogP contribution in [0.15, 0.2) is 23.8 Å². The van der Waals surface area contributed by atoms with Crippen LogP contribution in [0, 0.1) is 4.77 Å². The average molecular weight is 350 g/mol. The normalized spacial score (nSPS) is 18.2. The molecule has 0 fully saturated rings. The van der Waals surface area contributed by atoms with Crippen LogP contribution in [-0.2, 0) is 13.1 Å². The Bertz CT molecular complexity index is 796. The molecule has 5 heteroatoms. The quantitative estimate of drug-likeness (QED) is 0.598. The van der Waals surface area contributed by atoms with Crippen LogP contribution < -0.4 is 0 Å². The minimum absolute atomic E-state index is 0.412. The molecule has 1 aliphatic heterocycles. The highest BCUT2D eigenvalue weighted by molar-refractivity contribution is 7.71. The van der Waals surface area contributed by atoms with Gasteiger partial charge in [0.05, 0.1) is 11.0 Å². The molecule has 2 aromatic rings. The second-order valence-corrected chi connectivity index (χ2v) is 7.10. The summed E-state index contributed by atoms with van der Waals surface area (Å²) in [6, 6.07) is 4.41. The van der Waals surface area contributed by atoms with Crippen LogP contribution in [0.5, 0.6) is 0 Å². The smallest absolute Gasteiger partial charge is 0.178 e. The van der Waals surface area contributed by atoms with E-state index in [0.29, 0.717) is 6.04 Å². The first kappa shape index (κ1) is 16.7. The van der Waals surface area contributed by atoms with Gasteiger partial charge in [-0.25, -0.2) is 0 Å². The molecular weight excluding hydrogens is 326 g/mol. The van der Waals surface area contributed by atoms with E-state index in [0.717, 1.165) is 47.8 Å². The fraction of sp³-hybridized carbons (Fsp3) is 0.500. The van der Waals surface area contributed by atoms with Crippen LogP contribution in [0.4, 0.5) is 0 Å². The van der Waals surface area contributed by atoms with Crippen molar-refractivity contribution < 1.29 is 0 Å². The Hall–Kier alpha value is -1.10. The van der Waals surface area contributed by atoms with Crippen LogP contribution >= 0.6 is 23.8 Å². The van der Waals surface area contributed by atoms with Crippen molar-refractivity contribution in [2.75, 3.05) is 6.54 Å². The van der Waals surface area contributed by atoms with Gasteiger partial charge in [-0.3, -0.25) is 4.90 Å². The lowest BCUT2D eigenvalue weighted by molar-refractivity contribution is 0.210. The molecular formula is C18H24ClN3S. The van der Waals surface area contributed by atoms with Gasteiger partial charge < -0.3 is 9.55 Å². The number of nitrogens with zero attached hydrogens (tertiary/aromatic N) is 2. The van der Waals surface area contributed by atoms with Crippen molar-refractivity contribution in [1.82, 2.24) is 14.5 Å². The lowest BCUT2D eigenvalue weighted by atomic mass is 10.1. The van der Waals surface area contributed by atoms with Crippen LogP contribution in [0.1, 0.15) is 39.2 Å². The molecule has 1 N–H and O–H groups in total. The monoisotopic (exact) mass is 349 g/mol. The number of aromatic amines is 1. The number of halogens is 1. The summed E-state index contributed by atoms with van der Waals surface area (Å²) in [5.41, 5.74) is 4.96. The molecule has 3 nitrogen and oxygen atoms in total. The fourth-order valence-corrected chi connectivity index (χ4v) is 3.89. The lowest BCUT2D eigenvalue weighted by Crippen LogP contribution is -2.34. The van der Waals surface area contributed by atoms with E-state index in [9.17, 15) is 0 Å².